The summed E-state index contributed by atoms with van der Waals surface area (Å²) in [6.45, 7) is 1.95. The lowest BCUT2D eigenvalue weighted by Crippen LogP contribution is -2.21. The SMILES string of the molecule is CCOC(=O)c1ccccc1NC(=O)Nc1cc(OC)c(OC)c(OC)c1. The van der Waals surface area contributed by atoms with Crippen molar-refractivity contribution >= 4 is 23.4 Å². The Bertz CT molecular complexity index is 797. The number of ether oxygens (including phenoxy) is 4. The Hall–Kier alpha value is -3.42. The van der Waals surface area contributed by atoms with Gasteiger partial charge in [0, 0.05) is 12.1 Å². The van der Waals surface area contributed by atoms with Crippen LogP contribution in [0.2, 0.25) is 0 Å². The molecule has 0 unspecified atom stereocenters. The quantitative estimate of drug-likeness (QED) is 0.720. The van der Waals surface area contributed by atoms with Crippen LogP contribution in [-0.4, -0.2) is 39.9 Å². The average Bonchev–Trinajstić information content (AvgIpc) is 2.67. The monoisotopic (exact) mass is 374 g/mol. The Balaban J connectivity index is 2.21. The molecule has 0 radical (unpaired) electrons. The van der Waals surface area contributed by atoms with Crippen molar-refractivity contribution < 1.29 is 28.5 Å². The molecule has 2 aromatic rings. The largest absolute Gasteiger partial charge is 0.493 e. The van der Waals surface area contributed by atoms with Gasteiger partial charge in [0.1, 0.15) is 0 Å². The molecule has 0 aliphatic heterocycles. The van der Waals surface area contributed by atoms with Crippen molar-refractivity contribution in [1.82, 2.24) is 0 Å². The van der Waals surface area contributed by atoms with Crippen molar-refractivity contribution in [3.8, 4) is 17.2 Å². The van der Waals surface area contributed by atoms with E-state index < -0.39 is 12.0 Å². The zero-order valence-electron chi connectivity index (χ0n) is 15.6. The minimum Gasteiger partial charge on any atom is -0.493 e. The first-order valence-electron chi connectivity index (χ1n) is 8.18. The van der Waals surface area contributed by atoms with Crippen LogP contribution in [0.15, 0.2) is 36.4 Å². The number of para-hydroxylation sites is 1. The highest BCUT2D eigenvalue weighted by molar-refractivity contribution is 6.05. The summed E-state index contributed by atoms with van der Waals surface area (Å²) in [4.78, 5) is 24.4. The first-order valence-corrected chi connectivity index (χ1v) is 8.18. The number of carbonyl (C=O) groups is 2. The molecule has 144 valence electrons. The van der Waals surface area contributed by atoms with Crippen LogP contribution >= 0.6 is 0 Å². The molecule has 0 aliphatic carbocycles. The third kappa shape index (κ3) is 4.81. The zero-order valence-corrected chi connectivity index (χ0v) is 15.6. The van der Waals surface area contributed by atoms with Gasteiger partial charge in [0.2, 0.25) is 5.75 Å². The van der Waals surface area contributed by atoms with Crippen molar-refractivity contribution in [2.24, 2.45) is 0 Å². The number of carbonyl (C=O) groups excluding carboxylic acids is 2. The van der Waals surface area contributed by atoms with Gasteiger partial charge in [0.25, 0.3) is 0 Å². The minimum atomic E-state index is -0.541. The van der Waals surface area contributed by atoms with E-state index in [-0.39, 0.29) is 12.2 Å². The highest BCUT2D eigenvalue weighted by Crippen LogP contribution is 2.39. The standard InChI is InChI=1S/C19H22N2O6/c1-5-27-18(22)13-8-6-7-9-14(13)21-19(23)20-12-10-15(24-2)17(26-4)16(11-12)25-3/h6-11H,5H2,1-4H3,(H2,20,21,23). The Morgan fingerprint density at radius 2 is 1.56 bits per heavy atom. The fourth-order valence-corrected chi connectivity index (χ4v) is 2.42. The normalized spacial score (nSPS) is 9.93. The summed E-state index contributed by atoms with van der Waals surface area (Å²) in [7, 11) is 4.46. The van der Waals surface area contributed by atoms with Gasteiger partial charge in [-0.05, 0) is 19.1 Å². The van der Waals surface area contributed by atoms with Gasteiger partial charge in [0.15, 0.2) is 11.5 Å². The number of rotatable bonds is 7. The van der Waals surface area contributed by atoms with Gasteiger partial charge in [-0.1, -0.05) is 12.1 Å². The zero-order chi connectivity index (χ0) is 19.8. The van der Waals surface area contributed by atoms with Crippen molar-refractivity contribution in [2.45, 2.75) is 6.92 Å². The lowest BCUT2D eigenvalue weighted by atomic mass is 10.2. The molecule has 0 aliphatic rings. The lowest BCUT2D eigenvalue weighted by Gasteiger charge is -2.15. The summed E-state index contributed by atoms with van der Waals surface area (Å²) < 4.78 is 20.8. The van der Waals surface area contributed by atoms with E-state index in [1.54, 1.807) is 43.3 Å². The molecule has 27 heavy (non-hydrogen) atoms. The molecule has 2 rings (SSSR count). The number of hydrogen-bond acceptors (Lipinski definition) is 6. The van der Waals surface area contributed by atoms with Crippen molar-refractivity contribution in [1.29, 1.82) is 0 Å². The molecule has 2 N–H and O–H groups in total. The molecule has 0 atom stereocenters. The fourth-order valence-electron chi connectivity index (χ4n) is 2.42. The number of benzene rings is 2. The van der Waals surface area contributed by atoms with E-state index in [0.29, 0.717) is 28.6 Å². The summed E-state index contributed by atoms with van der Waals surface area (Å²) in [5, 5.41) is 5.31. The highest BCUT2D eigenvalue weighted by atomic mass is 16.5. The maximum Gasteiger partial charge on any atom is 0.340 e. The van der Waals surface area contributed by atoms with Gasteiger partial charge < -0.3 is 29.6 Å². The van der Waals surface area contributed by atoms with Crippen LogP contribution in [0.5, 0.6) is 17.2 Å². The maximum atomic E-state index is 12.4. The Labute approximate surface area is 157 Å². The van der Waals surface area contributed by atoms with Crippen LogP contribution in [0.25, 0.3) is 0 Å². The first-order chi connectivity index (χ1) is 13.0. The van der Waals surface area contributed by atoms with Crippen LogP contribution in [0.3, 0.4) is 0 Å². The predicted octanol–water partition coefficient (Wildman–Crippen LogP) is 3.53. The van der Waals surface area contributed by atoms with Gasteiger partial charge in [-0.15, -0.1) is 0 Å². The van der Waals surface area contributed by atoms with Crippen LogP contribution in [0.4, 0.5) is 16.2 Å². The van der Waals surface area contributed by atoms with E-state index in [0.717, 1.165) is 0 Å². The molecule has 8 nitrogen and oxygen atoms in total. The van der Waals surface area contributed by atoms with E-state index in [2.05, 4.69) is 10.6 Å². The fraction of sp³-hybridized carbons (Fsp3) is 0.263. The van der Waals surface area contributed by atoms with Gasteiger partial charge in [-0.25, -0.2) is 9.59 Å². The van der Waals surface area contributed by atoms with Crippen LogP contribution in [-0.2, 0) is 4.74 Å². The number of methoxy groups -OCH3 is 3. The number of esters is 1. The minimum absolute atomic E-state index is 0.241. The van der Waals surface area contributed by atoms with E-state index in [1.807, 2.05) is 0 Å². The number of anilines is 2. The van der Waals surface area contributed by atoms with Crippen molar-refractivity contribution in [2.75, 3.05) is 38.6 Å². The second kappa shape index (κ2) is 9.33. The summed E-state index contributed by atoms with van der Waals surface area (Å²) in [6.07, 6.45) is 0. The summed E-state index contributed by atoms with van der Waals surface area (Å²) in [5.41, 5.74) is 1.02. The molecule has 0 bridgehead atoms. The number of nitrogens with one attached hydrogen (secondary N) is 2. The van der Waals surface area contributed by atoms with Gasteiger partial charge in [-0.2, -0.15) is 0 Å². The predicted molar refractivity (Wildman–Crippen MR) is 101 cm³/mol. The Morgan fingerprint density at radius 3 is 2.11 bits per heavy atom. The maximum absolute atomic E-state index is 12.4. The van der Waals surface area contributed by atoms with E-state index in [1.165, 1.54) is 21.3 Å². The third-order valence-electron chi connectivity index (χ3n) is 3.59. The molecule has 0 spiro atoms. The second-order valence-electron chi connectivity index (χ2n) is 5.26. The summed E-state index contributed by atoms with van der Waals surface area (Å²) in [6, 6.07) is 9.23. The average molecular weight is 374 g/mol. The van der Waals surface area contributed by atoms with E-state index >= 15 is 0 Å². The topological polar surface area (TPSA) is 95.1 Å². The van der Waals surface area contributed by atoms with Gasteiger partial charge in [-0.3, -0.25) is 0 Å². The molecule has 0 fully saturated rings. The molecule has 0 saturated heterocycles. The molecular formula is C19H22N2O6. The smallest absolute Gasteiger partial charge is 0.340 e. The second-order valence-corrected chi connectivity index (χ2v) is 5.26. The first kappa shape index (κ1) is 19.9. The molecule has 0 aromatic heterocycles. The lowest BCUT2D eigenvalue weighted by molar-refractivity contribution is 0.0527. The van der Waals surface area contributed by atoms with Crippen LogP contribution in [0, 0.1) is 0 Å². The third-order valence-corrected chi connectivity index (χ3v) is 3.59. The molecule has 0 heterocycles. The summed E-state index contributed by atoms with van der Waals surface area (Å²) in [5.74, 6) is 0.706. The highest BCUT2D eigenvalue weighted by Gasteiger charge is 2.16. The molecule has 8 heteroatoms. The molecule has 2 amide bonds. The number of urea groups is 1. The number of amides is 2. The van der Waals surface area contributed by atoms with Crippen LogP contribution < -0.4 is 24.8 Å². The number of hydrogen-bond donors (Lipinski definition) is 2. The van der Waals surface area contributed by atoms with Crippen molar-refractivity contribution in [3.05, 3.63) is 42.0 Å². The Kier molecular flexibility index (Phi) is 6.87. The van der Waals surface area contributed by atoms with Crippen LogP contribution in [0.1, 0.15) is 17.3 Å². The van der Waals surface area contributed by atoms with Crippen molar-refractivity contribution in [3.63, 3.8) is 0 Å². The van der Waals surface area contributed by atoms with Gasteiger partial charge >= 0.3 is 12.0 Å². The van der Waals surface area contributed by atoms with E-state index in [9.17, 15) is 9.59 Å². The molecule has 0 saturated carbocycles. The van der Waals surface area contributed by atoms with E-state index in [4.69, 9.17) is 18.9 Å². The molecule has 2 aromatic carbocycles. The summed E-state index contributed by atoms with van der Waals surface area (Å²) >= 11 is 0. The Morgan fingerprint density at radius 1 is 0.926 bits per heavy atom. The van der Waals surface area contributed by atoms with Gasteiger partial charge in [0.05, 0.1) is 44.9 Å². The molecular weight excluding hydrogens is 352 g/mol.